The summed E-state index contributed by atoms with van der Waals surface area (Å²) in [5.74, 6) is -0.675. The van der Waals surface area contributed by atoms with Gasteiger partial charge in [0.2, 0.25) is 0 Å². The van der Waals surface area contributed by atoms with Crippen molar-refractivity contribution in [1.82, 2.24) is 9.97 Å². The number of hydrogen-bond acceptors (Lipinski definition) is 6. The molecule has 2 heterocycles. The van der Waals surface area contributed by atoms with Crippen molar-refractivity contribution in [3.05, 3.63) is 109 Å². The Labute approximate surface area is 184 Å². The van der Waals surface area contributed by atoms with Gasteiger partial charge in [0.05, 0.1) is 22.5 Å². The van der Waals surface area contributed by atoms with Gasteiger partial charge in [-0.25, -0.2) is 0 Å². The number of rotatable bonds is 6. The second-order valence-corrected chi connectivity index (χ2v) is 6.66. The van der Waals surface area contributed by atoms with Gasteiger partial charge in [0.1, 0.15) is 5.69 Å². The van der Waals surface area contributed by atoms with Crippen LogP contribution >= 0.6 is 0 Å². The number of amides is 2. The first kappa shape index (κ1) is 20.5. The van der Waals surface area contributed by atoms with E-state index in [1.54, 1.807) is 54.9 Å². The summed E-state index contributed by atoms with van der Waals surface area (Å²) < 4.78 is 0. The van der Waals surface area contributed by atoms with E-state index in [-0.39, 0.29) is 11.8 Å². The highest BCUT2D eigenvalue weighted by Gasteiger charge is 2.12. The van der Waals surface area contributed by atoms with Crippen molar-refractivity contribution in [2.24, 2.45) is 10.2 Å². The lowest BCUT2D eigenvalue weighted by Crippen LogP contribution is -2.14. The Bertz CT molecular complexity index is 1250. The standard InChI is InChI=1S/C24H18N6O2/c31-23(17-6-4-12-25-15-17)27-20-10-11-21(30-29-19-8-2-1-3-9-19)22(14-20)28-24(32)18-7-5-13-26-16-18/h1-16H,(H,27,31)(H,28,32). The van der Waals surface area contributed by atoms with E-state index >= 15 is 0 Å². The van der Waals surface area contributed by atoms with Crippen molar-refractivity contribution in [3.8, 4) is 0 Å². The highest BCUT2D eigenvalue weighted by atomic mass is 16.2. The van der Waals surface area contributed by atoms with Gasteiger partial charge >= 0.3 is 0 Å². The minimum absolute atomic E-state index is 0.318. The van der Waals surface area contributed by atoms with Crippen LogP contribution in [0.2, 0.25) is 0 Å². The number of carbonyl (C=O) groups excluding carboxylic acids is 2. The molecule has 4 aromatic rings. The second-order valence-electron chi connectivity index (χ2n) is 6.66. The van der Waals surface area contributed by atoms with E-state index in [1.165, 1.54) is 12.4 Å². The molecule has 0 aliphatic heterocycles. The largest absolute Gasteiger partial charge is 0.322 e. The molecule has 0 bridgehead atoms. The van der Waals surface area contributed by atoms with Gasteiger partial charge in [-0.3, -0.25) is 19.6 Å². The molecule has 8 nitrogen and oxygen atoms in total. The molecule has 0 atom stereocenters. The van der Waals surface area contributed by atoms with Gasteiger partial charge in [0, 0.05) is 30.5 Å². The molecule has 2 aromatic carbocycles. The molecule has 0 fully saturated rings. The highest BCUT2D eigenvalue weighted by Crippen LogP contribution is 2.30. The maximum absolute atomic E-state index is 12.7. The van der Waals surface area contributed by atoms with Crippen LogP contribution in [-0.2, 0) is 0 Å². The van der Waals surface area contributed by atoms with E-state index in [4.69, 9.17) is 0 Å². The van der Waals surface area contributed by atoms with Gasteiger partial charge in [0.25, 0.3) is 11.8 Å². The number of benzene rings is 2. The number of aromatic nitrogens is 2. The molecule has 0 saturated heterocycles. The van der Waals surface area contributed by atoms with Crippen molar-refractivity contribution >= 4 is 34.6 Å². The third-order valence-electron chi connectivity index (χ3n) is 4.38. The Kier molecular flexibility index (Phi) is 6.33. The van der Waals surface area contributed by atoms with Gasteiger partial charge in [-0.15, -0.1) is 5.11 Å². The van der Waals surface area contributed by atoms with Gasteiger partial charge in [-0.05, 0) is 54.6 Å². The molecule has 2 amide bonds. The summed E-state index contributed by atoms with van der Waals surface area (Å²) in [5, 5.41) is 14.1. The molecule has 8 heteroatoms. The number of anilines is 2. The van der Waals surface area contributed by atoms with Crippen LogP contribution in [0.15, 0.2) is 108 Å². The lowest BCUT2D eigenvalue weighted by Gasteiger charge is -2.11. The van der Waals surface area contributed by atoms with E-state index in [9.17, 15) is 9.59 Å². The first-order valence-corrected chi connectivity index (χ1v) is 9.73. The smallest absolute Gasteiger partial charge is 0.257 e. The molecular formula is C24H18N6O2. The Morgan fingerprint density at radius 2 is 1.34 bits per heavy atom. The third kappa shape index (κ3) is 5.25. The van der Waals surface area contributed by atoms with Crippen molar-refractivity contribution in [2.45, 2.75) is 0 Å². The molecule has 156 valence electrons. The normalized spacial score (nSPS) is 10.6. The van der Waals surface area contributed by atoms with Crippen LogP contribution in [0.5, 0.6) is 0 Å². The fourth-order valence-corrected chi connectivity index (χ4v) is 2.80. The van der Waals surface area contributed by atoms with E-state index < -0.39 is 0 Å². The van der Waals surface area contributed by atoms with Crippen LogP contribution in [0.25, 0.3) is 0 Å². The maximum Gasteiger partial charge on any atom is 0.257 e. The molecule has 0 spiro atoms. The zero-order valence-corrected chi connectivity index (χ0v) is 16.8. The van der Waals surface area contributed by atoms with E-state index in [0.29, 0.717) is 33.9 Å². The molecule has 32 heavy (non-hydrogen) atoms. The summed E-state index contributed by atoms with van der Waals surface area (Å²) in [6.45, 7) is 0. The monoisotopic (exact) mass is 422 g/mol. The number of nitrogens with zero attached hydrogens (tertiary/aromatic N) is 4. The molecule has 0 aliphatic carbocycles. The number of pyridine rings is 2. The summed E-state index contributed by atoms with van der Waals surface area (Å²) in [6.07, 6.45) is 6.12. The fourth-order valence-electron chi connectivity index (χ4n) is 2.80. The first-order chi connectivity index (χ1) is 15.7. The predicted octanol–water partition coefficient (Wildman–Crippen LogP) is 5.40. The van der Waals surface area contributed by atoms with Crippen LogP contribution < -0.4 is 10.6 Å². The average Bonchev–Trinajstić information content (AvgIpc) is 2.85. The number of hydrogen-bond donors (Lipinski definition) is 2. The Balaban J connectivity index is 1.62. The summed E-state index contributed by atoms with van der Waals surface area (Å²) in [5.41, 5.74) is 2.79. The summed E-state index contributed by atoms with van der Waals surface area (Å²) >= 11 is 0. The maximum atomic E-state index is 12.7. The number of azo groups is 1. The molecule has 2 aromatic heterocycles. The summed E-state index contributed by atoms with van der Waals surface area (Å²) in [6, 6.07) is 20.9. The quantitative estimate of drug-likeness (QED) is 0.406. The molecular weight excluding hydrogens is 404 g/mol. The molecule has 4 rings (SSSR count). The summed E-state index contributed by atoms with van der Waals surface area (Å²) in [7, 11) is 0. The van der Waals surface area contributed by atoms with Crippen molar-refractivity contribution in [3.63, 3.8) is 0 Å². The van der Waals surface area contributed by atoms with Gasteiger partial charge in [-0.1, -0.05) is 18.2 Å². The summed E-state index contributed by atoms with van der Waals surface area (Å²) in [4.78, 5) is 33.1. The van der Waals surface area contributed by atoms with Crippen molar-refractivity contribution in [1.29, 1.82) is 0 Å². The molecule has 0 radical (unpaired) electrons. The Morgan fingerprint density at radius 1 is 0.688 bits per heavy atom. The zero-order chi connectivity index (χ0) is 22.2. The minimum Gasteiger partial charge on any atom is -0.322 e. The highest BCUT2D eigenvalue weighted by molar-refractivity contribution is 6.07. The number of nitrogens with one attached hydrogen (secondary N) is 2. The Hall–Kier alpha value is -4.72. The van der Waals surface area contributed by atoms with Crippen molar-refractivity contribution < 1.29 is 9.59 Å². The van der Waals surface area contributed by atoms with Crippen LogP contribution in [0, 0.1) is 0 Å². The molecule has 0 unspecified atom stereocenters. The van der Waals surface area contributed by atoms with Gasteiger partial charge < -0.3 is 10.6 Å². The third-order valence-corrected chi connectivity index (χ3v) is 4.38. The zero-order valence-electron chi connectivity index (χ0n) is 16.8. The van der Waals surface area contributed by atoms with E-state index in [2.05, 4.69) is 30.8 Å². The molecule has 0 aliphatic rings. The van der Waals surface area contributed by atoms with Crippen LogP contribution in [-0.4, -0.2) is 21.8 Å². The van der Waals surface area contributed by atoms with Crippen molar-refractivity contribution in [2.75, 3.05) is 10.6 Å². The van der Waals surface area contributed by atoms with Crippen LogP contribution in [0.1, 0.15) is 20.7 Å². The second kappa shape index (κ2) is 9.86. The fraction of sp³-hybridized carbons (Fsp3) is 0. The van der Waals surface area contributed by atoms with E-state index in [1.807, 2.05) is 30.3 Å². The van der Waals surface area contributed by atoms with Gasteiger partial charge in [-0.2, -0.15) is 5.11 Å². The van der Waals surface area contributed by atoms with Crippen LogP contribution in [0.3, 0.4) is 0 Å². The molecule has 2 N–H and O–H groups in total. The first-order valence-electron chi connectivity index (χ1n) is 9.73. The van der Waals surface area contributed by atoms with Gasteiger partial charge in [0.15, 0.2) is 0 Å². The SMILES string of the molecule is O=C(Nc1ccc(N=Nc2ccccc2)c(NC(=O)c2cccnc2)c1)c1cccnc1. The minimum atomic E-state index is -0.356. The van der Waals surface area contributed by atoms with Crippen LogP contribution in [0.4, 0.5) is 22.7 Å². The number of carbonyl (C=O) groups is 2. The Morgan fingerprint density at radius 3 is 1.97 bits per heavy atom. The molecule has 0 saturated carbocycles. The predicted molar refractivity (Wildman–Crippen MR) is 121 cm³/mol. The lowest BCUT2D eigenvalue weighted by molar-refractivity contribution is 0.101. The lowest BCUT2D eigenvalue weighted by atomic mass is 10.2. The van der Waals surface area contributed by atoms with E-state index in [0.717, 1.165) is 0 Å². The topological polar surface area (TPSA) is 109 Å². The average molecular weight is 422 g/mol.